The third-order valence-electron chi connectivity index (χ3n) is 4.39. The van der Waals surface area contributed by atoms with Gasteiger partial charge in [0.25, 0.3) is 5.91 Å². The van der Waals surface area contributed by atoms with Gasteiger partial charge in [-0.1, -0.05) is 20.8 Å². The van der Waals surface area contributed by atoms with Crippen LogP contribution in [0, 0.1) is 11.8 Å². The largest absolute Gasteiger partial charge is 0.481 e. The lowest BCUT2D eigenvalue weighted by atomic mass is 10.0. The molecular weight excluding hydrogens is 282 g/mol. The summed E-state index contributed by atoms with van der Waals surface area (Å²) >= 11 is 0. The number of aliphatic carboxylic acids is 1. The molecule has 1 saturated heterocycles. The van der Waals surface area contributed by atoms with Crippen molar-refractivity contribution in [2.75, 3.05) is 6.54 Å². The average Bonchev–Trinajstić information content (AvgIpc) is 3.00. The lowest BCUT2D eigenvalue weighted by Crippen LogP contribution is -2.38. The van der Waals surface area contributed by atoms with Gasteiger partial charge in [0, 0.05) is 19.1 Å². The third kappa shape index (κ3) is 3.00. The van der Waals surface area contributed by atoms with Crippen LogP contribution < -0.4 is 0 Å². The van der Waals surface area contributed by atoms with Gasteiger partial charge in [0.1, 0.15) is 0 Å². The molecule has 22 heavy (non-hydrogen) atoms. The molecule has 1 aliphatic rings. The first kappa shape index (κ1) is 16.5. The van der Waals surface area contributed by atoms with Gasteiger partial charge in [0.2, 0.25) is 0 Å². The van der Waals surface area contributed by atoms with Gasteiger partial charge in [-0.3, -0.25) is 14.3 Å². The first-order chi connectivity index (χ1) is 10.4. The molecule has 0 spiro atoms. The van der Waals surface area contributed by atoms with Crippen LogP contribution in [0.4, 0.5) is 0 Å². The number of nitrogens with zero attached hydrogens (tertiary/aromatic N) is 3. The highest BCUT2D eigenvalue weighted by Crippen LogP contribution is 2.27. The van der Waals surface area contributed by atoms with E-state index < -0.39 is 11.9 Å². The van der Waals surface area contributed by atoms with Crippen LogP contribution in [0.15, 0.2) is 6.20 Å². The first-order valence-corrected chi connectivity index (χ1v) is 7.95. The summed E-state index contributed by atoms with van der Waals surface area (Å²) in [5.41, 5.74) is 1.55. The standard InChI is InChI=1S/C16H25N3O3/c1-5-14-13(8-17-19(14)9-10(2)3)15(20)18-7-6-12(11(18)4)16(21)22/h8,10-12H,5-7,9H2,1-4H3,(H,21,22). The summed E-state index contributed by atoms with van der Waals surface area (Å²) in [4.78, 5) is 25.7. The third-order valence-corrected chi connectivity index (χ3v) is 4.39. The van der Waals surface area contributed by atoms with E-state index in [1.807, 2.05) is 18.5 Å². The summed E-state index contributed by atoms with van der Waals surface area (Å²) in [6.45, 7) is 9.33. The Kier molecular flexibility index (Phi) is 4.88. The van der Waals surface area contributed by atoms with Crippen molar-refractivity contribution in [2.24, 2.45) is 11.8 Å². The van der Waals surface area contributed by atoms with Crippen LogP contribution in [-0.2, 0) is 17.8 Å². The van der Waals surface area contributed by atoms with Crippen molar-refractivity contribution >= 4 is 11.9 Å². The van der Waals surface area contributed by atoms with Crippen molar-refractivity contribution < 1.29 is 14.7 Å². The lowest BCUT2D eigenvalue weighted by Gasteiger charge is -2.23. The van der Waals surface area contributed by atoms with Crippen molar-refractivity contribution in [3.63, 3.8) is 0 Å². The van der Waals surface area contributed by atoms with Crippen molar-refractivity contribution in [3.8, 4) is 0 Å². The molecule has 1 aromatic rings. The second kappa shape index (κ2) is 6.50. The summed E-state index contributed by atoms with van der Waals surface area (Å²) in [6.07, 6.45) is 2.88. The number of carboxylic acid groups (broad SMARTS) is 1. The molecule has 0 aromatic carbocycles. The number of carbonyl (C=O) groups excluding carboxylic acids is 1. The maximum Gasteiger partial charge on any atom is 0.308 e. The maximum absolute atomic E-state index is 12.8. The van der Waals surface area contributed by atoms with Crippen LogP contribution in [0.3, 0.4) is 0 Å². The summed E-state index contributed by atoms with van der Waals surface area (Å²) in [6, 6.07) is -0.275. The van der Waals surface area contributed by atoms with Gasteiger partial charge in [-0.15, -0.1) is 0 Å². The zero-order chi connectivity index (χ0) is 16.4. The number of rotatable bonds is 5. The Hall–Kier alpha value is -1.85. The molecule has 1 N–H and O–H groups in total. The van der Waals surface area contributed by atoms with Crippen LogP contribution in [-0.4, -0.2) is 44.3 Å². The minimum absolute atomic E-state index is 0.0943. The van der Waals surface area contributed by atoms with E-state index in [9.17, 15) is 14.7 Å². The van der Waals surface area contributed by atoms with Gasteiger partial charge < -0.3 is 10.0 Å². The Labute approximate surface area is 131 Å². The fourth-order valence-corrected chi connectivity index (χ4v) is 3.18. The molecule has 6 heteroatoms. The molecule has 1 amide bonds. The van der Waals surface area contributed by atoms with Crippen LogP contribution in [0.1, 0.15) is 50.2 Å². The smallest absolute Gasteiger partial charge is 0.308 e. The fourth-order valence-electron chi connectivity index (χ4n) is 3.18. The molecule has 0 radical (unpaired) electrons. The zero-order valence-electron chi connectivity index (χ0n) is 13.7. The molecule has 2 heterocycles. The van der Waals surface area contributed by atoms with Crippen LogP contribution in [0.25, 0.3) is 0 Å². The molecule has 0 aliphatic carbocycles. The van der Waals surface area contributed by atoms with E-state index in [-0.39, 0.29) is 11.9 Å². The number of likely N-dealkylation sites (tertiary alicyclic amines) is 1. The van der Waals surface area contributed by atoms with Crippen LogP contribution in [0.5, 0.6) is 0 Å². The minimum Gasteiger partial charge on any atom is -0.481 e. The highest BCUT2D eigenvalue weighted by molar-refractivity contribution is 5.96. The Morgan fingerprint density at radius 1 is 1.45 bits per heavy atom. The number of carboxylic acids is 1. The van der Waals surface area contributed by atoms with E-state index in [4.69, 9.17) is 0 Å². The molecule has 1 aromatic heterocycles. The van der Waals surface area contributed by atoms with Gasteiger partial charge in [-0.25, -0.2) is 0 Å². The molecule has 1 fully saturated rings. The first-order valence-electron chi connectivity index (χ1n) is 7.95. The van der Waals surface area contributed by atoms with Crippen molar-refractivity contribution in [1.29, 1.82) is 0 Å². The number of carbonyl (C=O) groups is 2. The van der Waals surface area contributed by atoms with Gasteiger partial charge in [0.15, 0.2) is 0 Å². The summed E-state index contributed by atoms with van der Waals surface area (Å²) in [7, 11) is 0. The molecule has 2 unspecified atom stereocenters. The number of amides is 1. The quantitative estimate of drug-likeness (QED) is 0.903. The topological polar surface area (TPSA) is 75.4 Å². The normalized spacial score (nSPS) is 21.6. The van der Waals surface area contributed by atoms with Crippen LogP contribution >= 0.6 is 0 Å². The zero-order valence-corrected chi connectivity index (χ0v) is 13.7. The monoisotopic (exact) mass is 307 g/mol. The second-order valence-corrected chi connectivity index (χ2v) is 6.41. The van der Waals surface area contributed by atoms with Crippen LogP contribution in [0.2, 0.25) is 0 Å². The second-order valence-electron chi connectivity index (χ2n) is 6.41. The molecule has 2 rings (SSSR count). The fraction of sp³-hybridized carbons (Fsp3) is 0.688. The molecule has 122 valence electrons. The summed E-state index contributed by atoms with van der Waals surface area (Å²) in [5.74, 6) is -0.938. The van der Waals surface area contributed by atoms with Gasteiger partial charge in [-0.05, 0) is 25.7 Å². The van der Waals surface area contributed by atoms with E-state index in [1.54, 1.807) is 11.1 Å². The molecule has 6 nitrogen and oxygen atoms in total. The Morgan fingerprint density at radius 3 is 2.64 bits per heavy atom. The highest BCUT2D eigenvalue weighted by Gasteiger charge is 2.39. The molecular formula is C16H25N3O3. The van der Waals surface area contributed by atoms with Gasteiger partial charge in [-0.2, -0.15) is 5.10 Å². The van der Waals surface area contributed by atoms with E-state index in [1.165, 1.54) is 0 Å². The molecule has 0 bridgehead atoms. The summed E-state index contributed by atoms with van der Waals surface area (Å²) in [5, 5.41) is 13.6. The molecule has 1 aliphatic heterocycles. The predicted molar refractivity (Wildman–Crippen MR) is 82.7 cm³/mol. The molecule has 2 atom stereocenters. The minimum atomic E-state index is -0.825. The van der Waals surface area contributed by atoms with Crippen molar-refractivity contribution in [2.45, 2.75) is 53.1 Å². The lowest BCUT2D eigenvalue weighted by molar-refractivity contribution is -0.142. The SMILES string of the molecule is CCc1c(C(=O)N2CCC(C(=O)O)C2C)cnn1CC(C)C. The van der Waals surface area contributed by atoms with E-state index in [0.717, 1.165) is 18.7 Å². The number of hydrogen-bond donors (Lipinski definition) is 1. The number of aromatic nitrogens is 2. The van der Waals surface area contributed by atoms with Crippen molar-refractivity contribution in [3.05, 3.63) is 17.5 Å². The van der Waals surface area contributed by atoms with Gasteiger partial charge >= 0.3 is 5.97 Å². The molecule has 0 saturated carbocycles. The van der Waals surface area contributed by atoms with E-state index in [2.05, 4.69) is 18.9 Å². The van der Waals surface area contributed by atoms with E-state index >= 15 is 0 Å². The van der Waals surface area contributed by atoms with E-state index in [0.29, 0.717) is 24.4 Å². The summed E-state index contributed by atoms with van der Waals surface area (Å²) < 4.78 is 1.90. The Balaban J connectivity index is 2.23. The average molecular weight is 307 g/mol. The van der Waals surface area contributed by atoms with Crippen molar-refractivity contribution in [1.82, 2.24) is 14.7 Å². The maximum atomic E-state index is 12.8. The highest BCUT2D eigenvalue weighted by atomic mass is 16.4. The Bertz CT molecular complexity index is 565. The van der Waals surface area contributed by atoms with Gasteiger partial charge in [0.05, 0.1) is 23.4 Å². The Morgan fingerprint density at radius 2 is 2.14 bits per heavy atom. The number of hydrogen-bond acceptors (Lipinski definition) is 3. The predicted octanol–water partition coefficient (Wildman–Crippen LogP) is 2.04.